The second-order valence-corrected chi connectivity index (χ2v) is 6.15. The van der Waals surface area contributed by atoms with Gasteiger partial charge in [-0.15, -0.1) is 0 Å². The number of hydrazine groups is 1. The zero-order valence-corrected chi connectivity index (χ0v) is 12.6. The van der Waals surface area contributed by atoms with Gasteiger partial charge >= 0.3 is 0 Å². The first-order valence-electron chi connectivity index (χ1n) is 8.28. The van der Waals surface area contributed by atoms with Crippen LogP contribution >= 0.6 is 0 Å². The summed E-state index contributed by atoms with van der Waals surface area (Å²) < 4.78 is 0. The van der Waals surface area contributed by atoms with Crippen LogP contribution in [-0.4, -0.2) is 5.91 Å². The molecule has 1 rings (SSSR count). The predicted molar refractivity (Wildman–Crippen MR) is 80.4 cm³/mol. The van der Waals surface area contributed by atoms with Crippen LogP contribution in [-0.2, 0) is 4.79 Å². The molecule has 1 fully saturated rings. The second kappa shape index (κ2) is 10.2. The highest BCUT2D eigenvalue weighted by Gasteiger charge is 2.22. The lowest BCUT2D eigenvalue weighted by molar-refractivity contribution is -0.126. The summed E-state index contributed by atoms with van der Waals surface area (Å²) in [4.78, 5) is 11.9. The SMILES string of the molecule is CCCCC(CC1CCCCCCCC1)C(=O)NN. The summed E-state index contributed by atoms with van der Waals surface area (Å²) >= 11 is 0. The smallest absolute Gasteiger partial charge is 0.236 e. The van der Waals surface area contributed by atoms with Crippen molar-refractivity contribution in [1.29, 1.82) is 0 Å². The molecule has 1 atom stereocenters. The van der Waals surface area contributed by atoms with Crippen LogP contribution in [0.5, 0.6) is 0 Å². The van der Waals surface area contributed by atoms with Gasteiger partial charge in [-0.2, -0.15) is 0 Å². The van der Waals surface area contributed by atoms with E-state index in [4.69, 9.17) is 5.84 Å². The molecule has 3 N–H and O–H groups in total. The summed E-state index contributed by atoms with van der Waals surface area (Å²) in [6.45, 7) is 2.18. The van der Waals surface area contributed by atoms with Gasteiger partial charge in [0.25, 0.3) is 0 Å². The van der Waals surface area contributed by atoms with Gasteiger partial charge in [0.2, 0.25) is 5.91 Å². The lowest BCUT2D eigenvalue weighted by Gasteiger charge is -2.22. The van der Waals surface area contributed by atoms with E-state index in [-0.39, 0.29) is 11.8 Å². The van der Waals surface area contributed by atoms with Crippen LogP contribution < -0.4 is 11.3 Å². The molecule has 0 radical (unpaired) electrons. The average molecular weight is 268 g/mol. The van der Waals surface area contributed by atoms with Crippen LogP contribution in [0.3, 0.4) is 0 Å². The Kier molecular flexibility index (Phi) is 8.89. The first-order valence-corrected chi connectivity index (χ1v) is 8.28. The van der Waals surface area contributed by atoms with Gasteiger partial charge in [-0.1, -0.05) is 71.1 Å². The average Bonchev–Trinajstić information content (AvgIpc) is 2.56. The number of nitrogens with two attached hydrogens (primary N) is 1. The molecule has 0 heterocycles. The van der Waals surface area contributed by atoms with E-state index in [2.05, 4.69) is 12.3 Å². The minimum atomic E-state index is 0.0494. The van der Waals surface area contributed by atoms with Gasteiger partial charge in [-0.25, -0.2) is 5.84 Å². The highest BCUT2D eigenvalue weighted by atomic mass is 16.2. The molecule has 3 heteroatoms. The minimum Gasteiger partial charge on any atom is -0.294 e. The van der Waals surface area contributed by atoms with Crippen molar-refractivity contribution in [3.05, 3.63) is 0 Å². The van der Waals surface area contributed by atoms with Gasteiger partial charge in [0.1, 0.15) is 0 Å². The Morgan fingerprint density at radius 3 is 2.26 bits per heavy atom. The number of amides is 1. The van der Waals surface area contributed by atoms with Crippen LogP contribution in [0.2, 0.25) is 0 Å². The molecule has 1 aliphatic carbocycles. The van der Waals surface area contributed by atoms with E-state index >= 15 is 0 Å². The topological polar surface area (TPSA) is 55.1 Å². The molecule has 112 valence electrons. The third kappa shape index (κ3) is 6.95. The van der Waals surface area contributed by atoms with Gasteiger partial charge in [0.05, 0.1) is 0 Å². The van der Waals surface area contributed by atoms with Gasteiger partial charge in [-0.3, -0.25) is 10.2 Å². The molecule has 0 spiro atoms. The maximum Gasteiger partial charge on any atom is 0.236 e. The summed E-state index contributed by atoms with van der Waals surface area (Å²) in [6.07, 6.45) is 15.2. The van der Waals surface area contributed by atoms with Gasteiger partial charge in [0, 0.05) is 5.92 Å². The van der Waals surface area contributed by atoms with E-state index < -0.39 is 0 Å². The Morgan fingerprint density at radius 1 is 1.16 bits per heavy atom. The zero-order chi connectivity index (χ0) is 13.9. The van der Waals surface area contributed by atoms with Crippen molar-refractivity contribution >= 4 is 5.91 Å². The van der Waals surface area contributed by atoms with Crippen molar-refractivity contribution < 1.29 is 4.79 Å². The van der Waals surface area contributed by atoms with Crippen molar-refractivity contribution in [2.24, 2.45) is 17.7 Å². The normalized spacial score (nSPS) is 20.1. The fourth-order valence-corrected chi connectivity index (χ4v) is 3.28. The molecule has 19 heavy (non-hydrogen) atoms. The molecule has 0 aromatic rings. The van der Waals surface area contributed by atoms with Crippen molar-refractivity contribution in [2.45, 2.75) is 84.0 Å². The standard InChI is InChI=1S/C16H32N2O/c1-2-3-12-15(16(19)18-17)13-14-10-8-6-4-5-7-9-11-14/h14-15H,2-13,17H2,1H3,(H,18,19). The number of hydrogen-bond donors (Lipinski definition) is 2. The van der Waals surface area contributed by atoms with Crippen molar-refractivity contribution in [3.63, 3.8) is 0 Å². The summed E-state index contributed by atoms with van der Waals surface area (Å²) in [5.41, 5.74) is 2.36. The number of hydrogen-bond acceptors (Lipinski definition) is 2. The lowest BCUT2D eigenvalue weighted by Crippen LogP contribution is -2.36. The molecule has 3 nitrogen and oxygen atoms in total. The number of rotatable bonds is 6. The van der Waals surface area contributed by atoms with E-state index in [0.717, 1.165) is 31.6 Å². The quantitative estimate of drug-likeness (QED) is 0.436. The highest BCUT2D eigenvalue weighted by Crippen LogP contribution is 2.29. The number of nitrogens with one attached hydrogen (secondary N) is 1. The van der Waals surface area contributed by atoms with Crippen LogP contribution in [0.15, 0.2) is 0 Å². The maximum atomic E-state index is 11.9. The first kappa shape index (κ1) is 16.5. The van der Waals surface area contributed by atoms with Gasteiger partial charge in [-0.05, 0) is 18.8 Å². The van der Waals surface area contributed by atoms with E-state index in [0.29, 0.717) is 0 Å². The second-order valence-electron chi connectivity index (χ2n) is 6.15. The molecule has 0 saturated heterocycles. The van der Waals surface area contributed by atoms with Crippen LogP contribution in [0.1, 0.15) is 84.0 Å². The highest BCUT2D eigenvalue weighted by molar-refractivity contribution is 5.77. The Bertz CT molecular complexity index is 233. The fourth-order valence-electron chi connectivity index (χ4n) is 3.28. The van der Waals surface area contributed by atoms with Crippen molar-refractivity contribution in [3.8, 4) is 0 Å². The number of unbranched alkanes of at least 4 members (excludes halogenated alkanes) is 1. The van der Waals surface area contributed by atoms with Gasteiger partial charge in [0.15, 0.2) is 0 Å². The molecule has 1 unspecified atom stereocenters. The minimum absolute atomic E-state index is 0.0494. The Balaban J connectivity index is 2.46. The van der Waals surface area contributed by atoms with Crippen molar-refractivity contribution in [2.75, 3.05) is 0 Å². The summed E-state index contributed by atoms with van der Waals surface area (Å²) in [5.74, 6) is 6.25. The molecule has 0 aromatic carbocycles. The predicted octanol–water partition coefficient (Wildman–Crippen LogP) is 3.92. The molecule has 0 aromatic heterocycles. The molecular weight excluding hydrogens is 236 g/mol. The maximum absolute atomic E-state index is 11.9. The van der Waals surface area contributed by atoms with Crippen LogP contribution in [0, 0.1) is 11.8 Å². The van der Waals surface area contributed by atoms with Crippen molar-refractivity contribution in [1.82, 2.24) is 5.43 Å². The first-order chi connectivity index (χ1) is 9.27. The van der Waals surface area contributed by atoms with E-state index in [1.807, 2.05) is 0 Å². The third-order valence-electron chi connectivity index (χ3n) is 4.51. The van der Waals surface area contributed by atoms with Crippen LogP contribution in [0.25, 0.3) is 0 Å². The van der Waals surface area contributed by atoms with Gasteiger partial charge < -0.3 is 0 Å². The summed E-state index contributed by atoms with van der Waals surface area (Å²) in [6, 6.07) is 0. The van der Waals surface area contributed by atoms with E-state index in [9.17, 15) is 4.79 Å². The summed E-state index contributed by atoms with van der Waals surface area (Å²) in [7, 11) is 0. The van der Waals surface area contributed by atoms with Crippen LogP contribution in [0.4, 0.5) is 0 Å². The Hall–Kier alpha value is -0.570. The molecule has 1 aliphatic rings. The fraction of sp³-hybridized carbons (Fsp3) is 0.938. The Morgan fingerprint density at radius 2 is 1.74 bits per heavy atom. The number of carbonyl (C=O) groups is 1. The largest absolute Gasteiger partial charge is 0.294 e. The summed E-state index contributed by atoms with van der Waals surface area (Å²) in [5, 5.41) is 0. The molecule has 1 saturated carbocycles. The van der Waals surface area contributed by atoms with E-state index in [1.54, 1.807) is 0 Å². The molecular formula is C16H32N2O. The molecule has 0 bridgehead atoms. The Labute approximate surface area is 118 Å². The molecule has 0 aliphatic heterocycles. The number of carbonyl (C=O) groups excluding carboxylic acids is 1. The zero-order valence-electron chi connectivity index (χ0n) is 12.6. The molecule has 1 amide bonds. The lowest BCUT2D eigenvalue weighted by atomic mass is 9.84. The third-order valence-corrected chi connectivity index (χ3v) is 4.51. The monoisotopic (exact) mass is 268 g/mol. The van der Waals surface area contributed by atoms with E-state index in [1.165, 1.54) is 51.4 Å².